The van der Waals surface area contributed by atoms with Crippen molar-refractivity contribution in [2.75, 3.05) is 19.6 Å². The van der Waals surface area contributed by atoms with E-state index in [-0.39, 0.29) is 48.2 Å². The van der Waals surface area contributed by atoms with E-state index in [1.807, 2.05) is 13.8 Å². The van der Waals surface area contributed by atoms with E-state index in [4.69, 9.17) is 11.6 Å². The van der Waals surface area contributed by atoms with Gasteiger partial charge in [-0.1, -0.05) is 11.6 Å². The van der Waals surface area contributed by atoms with Gasteiger partial charge in [0.25, 0.3) is 0 Å². The van der Waals surface area contributed by atoms with Gasteiger partial charge in [0, 0.05) is 37.1 Å². The second-order valence-electron chi connectivity index (χ2n) is 6.18. The zero-order valence-corrected chi connectivity index (χ0v) is 15.7. The number of rotatable bonds is 7. The Bertz CT molecular complexity index is 734. The third kappa shape index (κ3) is 5.17. The summed E-state index contributed by atoms with van der Waals surface area (Å²) in [6.07, 6.45) is 0.195. The summed E-state index contributed by atoms with van der Waals surface area (Å²) < 4.78 is 26.6. The highest BCUT2D eigenvalue weighted by Crippen LogP contribution is 2.20. The molecule has 1 aliphatic rings. The van der Waals surface area contributed by atoms with E-state index in [1.54, 1.807) is 4.90 Å². The Kier molecular flexibility index (Phi) is 6.42. The monoisotopic (exact) mass is 387 g/mol. The Morgan fingerprint density at radius 1 is 1.28 bits per heavy atom. The predicted molar refractivity (Wildman–Crippen MR) is 94.6 cm³/mol. The summed E-state index contributed by atoms with van der Waals surface area (Å²) in [7, 11) is -3.65. The van der Waals surface area contributed by atoms with Crippen LogP contribution in [-0.4, -0.2) is 50.8 Å². The summed E-state index contributed by atoms with van der Waals surface area (Å²) in [4.78, 5) is 25.7. The average molecular weight is 388 g/mol. The first kappa shape index (κ1) is 19.7. The van der Waals surface area contributed by atoms with Gasteiger partial charge in [-0.15, -0.1) is 0 Å². The molecule has 1 aliphatic heterocycles. The zero-order chi connectivity index (χ0) is 18.6. The van der Waals surface area contributed by atoms with Crippen molar-refractivity contribution in [3.8, 4) is 0 Å². The first-order chi connectivity index (χ1) is 11.7. The van der Waals surface area contributed by atoms with E-state index in [0.717, 1.165) is 0 Å². The normalized spacial score (nSPS) is 18.0. The van der Waals surface area contributed by atoms with E-state index >= 15 is 0 Å². The summed E-state index contributed by atoms with van der Waals surface area (Å²) in [5, 5.41) is 3.12. The van der Waals surface area contributed by atoms with E-state index < -0.39 is 10.0 Å². The van der Waals surface area contributed by atoms with Crippen molar-refractivity contribution in [2.24, 2.45) is 5.92 Å². The molecule has 1 heterocycles. The molecule has 0 aliphatic carbocycles. The highest BCUT2D eigenvalue weighted by atomic mass is 35.5. The smallest absolute Gasteiger partial charge is 0.240 e. The molecule has 0 aromatic heterocycles. The van der Waals surface area contributed by atoms with Crippen LogP contribution < -0.4 is 10.0 Å². The molecule has 0 spiro atoms. The van der Waals surface area contributed by atoms with Crippen molar-refractivity contribution in [2.45, 2.75) is 31.2 Å². The van der Waals surface area contributed by atoms with Crippen molar-refractivity contribution >= 4 is 33.4 Å². The lowest BCUT2D eigenvalue weighted by atomic mass is 10.1. The maximum atomic E-state index is 12.1. The Labute approximate surface area is 152 Å². The fraction of sp³-hybridized carbons (Fsp3) is 0.500. The van der Waals surface area contributed by atoms with Crippen LogP contribution in [0.1, 0.15) is 20.3 Å². The Morgan fingerprint density at radius 2 is 1.92 bits per heavy atom. The Hall–Kier alpha value is -1.64. The molecular formula is C16H22ClN3O4S. The molecule has 0 saturated carbocycles. The van der Waals surface area contributed by atoms with Crippen LogP contribution in [0.5, 0.6) is 0 Å². The van der Waals surface area contributed by atoms with E-state index in [1.165, 1.54) is 24.3 Å². The van der Waals surface area contributed by atoms with Crippen molar-refractivity contribution in [3.63, 3.8) is 0 Å². The molecule has 1 atom stereocenters. The number of sulfonamides is 1. The number of carbonyl (C=O) groups excluding carboxylic acids is 2. The van der Waals surface area contributed by atoms with Gasteiger partial charge in [0.05, 0.1) is 10.8 Å². The lowest BCUT2D eigenvalue weighted by Gasteiger charge is -2.20. The van der Waals surface area contributed by atoms with Crippen LogP contribution in [0.2, 0.25) is 5.02 Å². The van der Waals surface area contributed by atoms with Crippen molar-refractivity contribution in [1.82, 2.24) is 14.9 Å². The Morgan fingerprint density at radius 3 is 2.48 bits per heavy atom. The van der Waals surface area contributed by atoms with Crippen molar-refractivity contribution in [3.05, 3.63) is 29.3 Å². The molecule has 9 heteroatoms. The van der Waals surface area contributed by atoms with Crippen LogP contribution in [0.25, 0.3) is 0 Å². The van der Waals surface area contributed by atoms with Crippen LogP contribution >= 0.6 is 11.6 Å². The number of nitrogens with zero attached hydrogens (tertiary/aromatic N) is 1. The lowest BCUT2D eigenvalue weighted by molar-refractivity contribution is -0.129. The van der Waals surface area contributed by atoms with Gasteiger partial charge in [0.2, 0.25) is 21.8 Å². The SMILES string of the molecule is CC(C)N1CC(C(=O)NCCNS(=O)(=O)c2ccc(Cl)cc2)CC1=O. The maximum absolute atomic E-state index is 12.1. The molecule has 7 nitrogen and oxygen atoms in total. The third-order valence-electron chi connectivity index (χ3n) is 3.99. The molecule has 2 rings (SSSR count). The first-order valence-corrected chi connectivity index (χ1v) is 9.89. The number of hydrogen-bond acceptors (Lipinski definition) is 4. The minimum Gasteiger partial charge on any atom is -0.354 e. The molecule has 1 fully saturated rings. The maximum Gasteiger partial charge on any atom is 0.240 e. The minimum atomic E-state index is -3.65. The van der Waals surface area contributed by atoms with E-state index in [2.05, 4.69) is 10.0 Å². The molecule has 2 amide bonds. The molecular weight excluding hydrogens is 366 g/mol. The Balaban J connectivity index is 1.78. The lowest BCUT2D eigenvalue weighted by Crippen LogP contribution is -2.39. The van der Waals surface area contributed by atoms with Gasteiger partial charge in [0.1, 0.15) is 0 Å². The van der Waals surface area contributed by atoms with Crippen LogP contribution in [0.4, 0.5) is 0 Å². The van der Waals surface area contributed by atoms with E-state index in [9.17, 15) is 18.0 Å². The standard InChI is InChI=1S/C16H22ClN3O4S/c1-11(2)20-10-12(9-15(20)21)16(22)18-7-8-19-25(23,24)14-5-3-13(17)4-6-14/h3-6,11-12,19H,7-10H2,1-2H3,(H,18,22). The topological polar surface area (TPSA) is 95.6 Å². The number of nitrogens with one attached hydrogen (secondary N) is 2. The summed E-state index contributed by atoms with van der Waals surface area (Å²) in [5.41, 5.74) is 0. The third-order valence-corrected chi connectivity index (χ3v) is 5.72. The fourth-order valence-electron chi connectivity index (χ4n) is 2.62. The van der Waals surface area contributed by atoms with E-state index in [0.29, 0.717) is 11.6 Å². The molecule has 0 bridgehead atoms. The molecule has 1 aromatic rings. The number of benzene rings is 1. The predicted octanol–water partition coefficient (Wildman–Crippen LogP) is 0.991. The van der Waals surface area contributed by atoms with Gasteiger partial charge >= 0.3 is 0 Å². The highest BCUT2D eigenvalue weighted by molar-refractivity contribution is 7.89. The summed E-state index contributed by atoms with van der Waals surface area (Å²) in [6.45, 7) is 4.43. The first-order valence-electron chi connectivity index (χ1n) is 8.03. The van der Waals surface area contributed by atoms with Crippen molar-refractivity contribution < 1.29 is 18.0 Å². The van der Waals surface area contributed by atoms with Gasteiger partial charge in [0.15, 0.2) is 0 Å². The molecule has 1 saturated heterocycles. The second kappa shape index (κ2) is 8.16. The van der Waals surface area contributed by atoms with Gasteiger partial charge < -0.3 is 10.2 Å². The highest BCUT2D eigenvalue weighted by Gasteiger charge is 2.35. The largest absolute Gasteiger partial charge is 0.354 e. The number of halogens is 1. The van der Waals surface area contributed by atoms with Gasteiger partial charge in [-0.3, -0.25) is 9.59 Å². The molecule has 1 aromatic carbocycles. The zero-order valence-electron chi connectivity index (χ0n) is 14.2. The number of likely N-dealkylation sites (tertiary alicyclic amines) is 1. The molecule has 25 heavy (non-hydrogen) atoms. The van der Waals surface area contributed by atoms with Gasteiger partial charge in [-0.2, -0.15) is 0 Å². The molecule has 138 valence electrons. The summed E-state index contributed by atoms with van der Waals surface area (Å²) >= 11 is 5.74. The molecule has 2 N–H and O–H groups in total. The molecule has 1 unspecified atom stereocenters. The number of carbonyl (C=O) groups is 2. The van der Waals surface area contributed by atoms with Crippen LogP contribution in [0, 0.1) is 5.92 Å². The average Bonchev–Trinajstić information content (AvgIpc) is 2.94. The quantitative estimate of drug-likeness (QED) is 0.682. The fourth-order valence-corrected chi connectivity index (χ4v) is 3.78. The summed E-state index contributed by atoms with van der Waals surface area (Å²) in [6, 6.07) is 5.88. The molecule has 0 radical (unpaired) electrons. The van der Waals surface area contributed by atoms with Crippen molar-refractivity contribution in [1.29, 1.82) is 0 Å². The van der Waals surface area contributed by atoms with Gasteiger partial charge in [-0.25, -0.2) is 13.1 Å². The van der Waals surface area contributed by atoms with Crippen LogP contribution in [0.3, 0.4) is 0 Å². The number of hydrogen-bond donors (Lipinski definition) is 2. The number of amides is 2. The second-order valence-corrected chi connectivity index (χ2v) is 8.39. The van der Waals surface area contributed by atoms with Gasteiger partial charge in [-0.05, 0) is 38.1 Å². The van der Waals surface area contributed by atoms with Crippen LogP contribution in [0.15, 0.2) is 29.2 Å². The minimum absolute atomic E-state index is 0.0291. The summed E-state index contributed by atoms with van der Waals surface area (Å²) in [5.74, 6) is -0.649. The van der Waals surface area contributed by atoms with Crippen LogP contribution in [-0.2, 0) is 19.6 Å².